The van der Waals surface area contributed by atoms with Crippen molar-refractivity contribution in [2.75, 3.05) is 0 Å². The molecule has 0 bridgehead atoms. The lowest BCUT2D eigenvalue weighted by Gasteiger charge is -2.03. The summed E-state index contributed by atoms with van der Waals surface area (Å²) in [6.45, 7) is 0. The Labute approximate surface area is 146 Å². The number of nitrogens with one attached hydrogen (secondary N) is 1. The lowest BCUT2D eigenvalue weighted by atomic mass is 10.1. The van der Waals surface area contributed by atoms with Gasteiger partial charge in [-0.05, 0) is 23.3 Å². The Hall–Kier alpha value is -2.24. The predicted octanol–water partition coefficient (Wildman–Crippen LogP) is 5.49. The van der Waals surface area contributed by atoms with Gasteiger partial charge in [-0.25, -0.2) is 4.98 Å². The van der Waals surface area contributed by atoms with E-state index in [1.807, 2.05) is 59.3 Å². The van der Waals surface area contributed by atoms with Crippen LogP contribution in [-0.2, 0) is 0 Å². The van der Waals surface area contributed by atoms with E-state index in [0.29, 0.717) is 0 Å². The van der Waals surface area contributed by atoms with E-state index in [4.69, 9.17) is 12.2 Å². The third kappa shape index (κ3) is 2.62. The van der Waals surface area contributed by atoms with Crippen LogP contribution in [0.2, 0.25) is 0 Å². The van der Waals surface area contributed by atoms with Gasteiger partial charge in [0.25, 0.3) is 0 Å². The number of aromatic amines is 1. The minimum Gasteiger partial charge on any atom is -0.323 e. The molecular formula is C18H12BrN3S. The summed E-state index contributed by atoms with van der Waals surface area (Å²) in [5.41, 5.74) is 4.10. The van der Waals surface area contributed by atoms with Gasteiger partial charge in [0, 0.05) is 22.4 Å². The molecule has 0 spiro atoms. The molecule has 5 heteroatoms. The third-order valence-electron chi connectivity index (χ3n) is 3.72. The van der Waals surface area contributed by atoms with Crippen molar-refractivity contribution in [2.45, 2.75) is 0 Å². The van der Waals surface area contributed by atoms with Crippen LogP contribution < -0.4 is 0 Å². The minimum absolute atomic E-state index is 0.742. The van der Waals surface area contributed by atoms with Crippen molar-refractivity contribution in [3.05, 3.63) is 76.1 Å². The quantitative estimate of drug-likeness (QED) is 0.465. The number of halogens is 1. The van der Waals surface area contributed by atoms with Gasteiger partial charge in [-0.15, -0.1) is 0 Å². The van der Waals surface area contributed by atoms with E-state index in [9.17, 15) is 0 Å². The molecule has 0 unspecified atom stereocenters. The maximum absolute atomic E-state index is 5.67. The van der Waals surface area contributed by atoms with Gasteiger partial charge in [0.15, 0.2) is 0 Å². The highest BCUT2D eigenvalue weighted by Crippen LogP contribution is 2.25. The molecule has 0 saturated heterocycles. The molecule has 4 rings (SSSR count). The zero-order chi connectivity index (χ0) is 15.8. The van der Waals surface area contributed by atoms with Gasteiger partial charge >= 0.3 is 0 Å². The number of nitrogens with zero attached hydrogens (tertiary/aromatic N) is 2. The Morgan fingerprint density at radius 2 is 1.78 bits per heavy atom. The van der Waals surface area contributed by atoms with Gasteiger partial charge in [0.2, 0.25) is 5.78 Å². The molecule has 3 nitrogen and oxygen atoms in total. The van der Waals surface area contributed by atoms with Crippen LogP contribution in [0.4, 0.5) is 0 Å². The topological polar surface area (TPSA) is 33.1 Å². The van der Waals surface area contributed by atoms with Gasteiger partial charge in [0.05, 0.1) is 5.69 Å². The first-order chi connectivity index (χ1) is 11.2. The molecule has 0 aliphatic rings. The molecule has 0 fully saturated rings. The largest absolute Gasteiger partial charge is 0.323 e. The molecule has 23 heavy (non-hydrogen) atoms. The fraction of sp³-hybridized carbons (Fsp3) is 0. The normalized spacial score (nSPS) is 11.0. The van der Waals surface area contributed by atoms with Crippen LogP contribution in [0, 0.1) is 4.64 Å². The monoisotopic (exact) mass is 381 g/mol. The highest BCUT2D eigenvalue weighted by Gasteiger charge is 2.08. The zero-order valence-electron chi connectivity index (χ0n) is 12.0. The molecule has 0 saturated carbocycles. The van der Waals surface area contributed by atoms with Gasteiger partial charge in [-0.3, -0.25) is 4.40 Å². The van der Waals surface area contributed by atoms with E-state index < -0.39 is 0 Å². The SMILES string of the molecule is S=c1c(-c2cccc(Br)c2)cnc2[nH]c(-c3ccccc3)cn12. The van der Waals surface area contributed by atoms with Gasteiger partial charge in [0.1, 0.15) is 4.64 Å². The Morgan fingerprint density at radius 1 is 1.00 bits per heavy atom. The zero-order valence-corrected chi connectivity index (χ0v) is 14.4. The first kappa shape index (κ1) is 14.4. The highest BCUT2D eigenvalue weighted by molar-refractivity contribution is 9.10. The smallest absolute Gasteiger partial charge is 0.212 e. The average molecular weight is 382 g/mol. The Morgan fingerprint density at radius 3 is 2.57 bits per heavy atom. The number of imidazole rings is 1. The molecule has 2 aromatic heterocycles. The second-order valence-corrected chi connectivity index (χ2v) is 6.52. The summed E-state index contributed by atoms with van der Waals surface area (Å²) in [5.74, 6) is 0.743. The molecule has 0 radical (unpaired) electrons. The maximum Gasteiger partial charge on any atom is 0.212 e. The van der Waals surface area contributed by atoms with Crippen molar-refractivity contribution < 1.29 is 0 Å². The van der Waals surface area contributed by atoms with Crippen LogP contribution in [0.3, 0.4) is 0 Å². The molecule has 0 atom stereocenters. The molecular weight excluding hydrogens is 370 g/mol. The standard InChI is InChI=1S/C18H12BrN3S/c19-14-8-4-7-13(9-14)15-10-20-18-21-16(11-22(18)17(15)23)12-5-2-1-3-6-12/h1-11H,(H,20,21). The summed E-state index contributed by atoms with van der Waals surface area (Å²) in [4.78, 5) is 7.84. The van der Waals surface area contributed by atoms with E-state index in [0.717, 1.165) is 37.3 Å². The van der Waals surface area contributed by atoms with E-state index >= 15 is 0 Å². The molecule has 2 aromatic carbocycles. The number of benzene rings is 2. The van der Waals surface area contributed by atoms with Crippen molar-refractivity contribution in [1.82, 2.24) is 14.4 Å². The number of H-pyrrole nitrogens is 1. The van der Waals surface area contributed by atoms with Gasteiger partial charge < -0.3 is 4.98 Å². The van der Waals surface area contributed by atoms with Crippen molar-refractivity contribution in [1.29, 1.82) is 0 Å². The molecule has 0 aliphatic heterocycles. The first-order valence-corrected chi connectivity index (χ1v) is 8.34. The predicted molar refractivity (Wildman–Crippen MR) is 98.9 cm³/mol. The van der Waals surface area contributed by atoms with Crippen molar-refractivity contribution in [3.8, 4) is 22.4 Å². The summed E-state index contributed by atoms with van der Waals surface area (Å²) < 4.78 is 3.69. The lowest BCUT2D eigenvalue weighted by Crippen LogP contribution is -1.92. The van der Waals surface area contributed by atoms with Crippen LogP contribution in [0.25, 0.3) is 28.2 Å². The summed E-state index contributed by atoms with van der Waals surface area (Å²) in [5, 5.41) is 0. The number of fused-ring (bicyclic) bond motifs is 1. The van der Waals surface area contributed by atoms with Crippen LogP contribution in [0.15, 0.2) is 71.5 Å². The Bertz CT molecular complexity index is 1050. The summed E-state index contributed by atoms with van der Waals surface area (Å²) in [6.07, 6.45) is 3.83. The molecule has 0 aliphatic carbocycles. The first-order valence-electron chi connectivity index (χ1n) is 7.14. The highest BCUT2D eigenvalue weighted by atomic mass is 79.9. The Balaban J connectivity index is 1.91. The fourth-order valence-electron chi connectivity index (χ4n) is 2.58. The van der Waals surface area contributed by atoms with E-state index in [2.05, 4.69) is 38.0 Å². The van der Waals surface area contributed by atoms with Crippen molar-refractivity contribution >= 4 is 33.9 Å². The second kappa shape index (κ2) is 5.76. The van der Waals surface area contributed by atoms with Crippen LogP contribution >= 0.6 is 28.1 Å². The number of aromatic nitrogens is 3. The summed E-state index contributed by atoms with van der Waals surface area (Å²) >= 11 is 9.17. The minimum atomic E-state index is 0.742. The third-order valence-corrected chi connectivity index (χ3v) is 4.63. The summed E-state index contributed by atoms with van der Waals surface area (Å²) in [6, 6.07) is 18.2. The van der Waals surface area contributed by atoms with Gasteiger partial charge in [-0.2, -0.15) is 0 Å². The van der Waals surface area contributed by atoms with Crippen LogP contribution in [0.1, 0.15) is 0 Å². The molecule has 1 N–H and O–H groups in total. The maximum atomic E-state index is 5.67. The molecule has 0 amide bonds. The summed E-state index contributed by atoms with van der Waals surface area (Å²) in [7, 11) is 0. The fourth-order valence-corrected chi connectivity index (χ4v) is 3.29. The van der Waals surface area contributed by atoms with Crippen molar-refractivity contribution in [2.24, 2.45) is 0 Å². The molecule has 112 valence electrons. The number of rotatable bonds is 2. The molecule has 4 aromatic rings. The van der Waals surface area contributed by atoms with Gasteiger partial charge in [-0.1, -0.05) is 70.6 Å². The second-order valence-electron chi connectivity index (χ2n) is 5.21. The van der Waals surface area contributed by atoms with E-state index in [1.54, 1.807) is 0 Å². The van der Waals surface area contributed by atoms with Crippen LogP contribution in [-0.4, -0.2) is 14.4 Å². The van der Waals surface area contributed by atoms with E-state index in [-0.39, 0.29) is 0 Å². The van der Waals surface area contributed by atoms with Crippen molar-refractivity contribution in [3.63, 3.8) is 0 Å². The number of hydrogen-bond acceptors (Lipinski definition) is 2. The number of hydrogen-bond donors (Lipinski definition) is 1. The van der Waals surface area contributed by atoms with E-state index in [1.165, 1.54) is 0 Å². The molecule has 2 heterocycles. The Kier molecular flexibility index (Phi) is 3.59. The van der Waals surface area contributed by atoms with Crippen LogP contribution in [0.5, 0.6) is 0 Å². The average Bonchev–Trinajstić information content (AvgIpc) is 3.01. The lowest BCUT2D eigenvalue weighted by molar-refractivity contribution is 1.09.